The van der Waals surface area contributed by atoms with Gasteiger partial charge in [0.25, 0.3) is 5.91 Å². The smallest absolute Gasteiger partial charge is 0.266 e. The van der Waals surface area contributed by atoms with Crippen LogP contribution in [0.5, 0.6) is 0 Å². The first-order valence-corrected chi connectivity index (χ1v) is 9.01. The van der Waals surface area contributed by atoms with Gasteiger partial charge in [0, 0.05) is 26.0 Å². The summed E-state index contributed by atoms with van der Waals surface area (Å²) < 4.78 is 13.2. The molecular formula is C14H16N4O2S2. The van der Waals surface area contributed by atoms with Crippen molar-refractivity contribution in [2.75, 3.05) is 20.0 Å². The number of hydrogen-bond donors (Lipinski definition) is 1. The van der Waals surface area contributed by atoms with Gasteiger partial charge >= 0.3 is 0 Å². The normalized spacial score (nSPS) is 16.2. The quantitative estimate of drug-likeness (QED) is 0.903. The third kappa shape index (κ3) is 2.84. The lowest BCUT2D eigenvalue weighted by Crippen LogP contribution is -2.27. The lowest BCUT2D eigenvalue weighted by molar-refractivity contribution is -0.115. The maximum absolute atomic E-state index is 11.5. The highest BCUT2D eigenvalue weighted by molar-refractivity contribution is 7.86. The first-order valence-electron chi connectivity index (χ1n) is 6.64. The van der Waals surface area contributed by atoms with Crippen molar-refractivity contribution in [3.8, 4) is 0 Å². The molecule has 116 valence electrons. The average Bonchev–Trinajstić information content (AvgIpc) is 3.02. The summed E-state index contributed by atoms with van der Waals surface area (Å²) in [5, 5.41) is 0. The lowest BCUT2D eigenvalue weighted by Gasteiger charge is -2.18. The highest BCUT2D eigenvalue weighted by Gasteiger charge is 2.21. The van der Waals surface area contributed by atoms with E-state index in [1.54, 1.807) is 12.5 Å². The van der Waals surface area contributed by atoms with Crippen molar-refractivity contribution < 1.29 is 9.00 Å². The zero-order chi connectivity index (χ0) is 15.9. The summed E-state index contributed by atoms with van der Waals surface area (Å²) in [7, 11) is 0.782. The summed E-state index contributed by atoms with van der Waals surface area (Å²) in [4.78, 5) is 19.5. The van der Waals surface area contributed by atoms with Gasteiger partial charge in [-0.1, -0.05) is 6.07 Å². The monoisotopic (exact) mass is 336 g/mol. The Bertz CT molecular complexity index is 799. The molecule has 2 N–H and O–H groups in total. The molecule has 1 aliphatic rings. The van der Waals surface area contributed by atoms with Crippen LogP contribution in [0.25, 0.3) is 10.2 Å². The number of amides is 1. The number of carbonyl (C=O) groups excluding carboxylic acids is 1. The summed E-state index contributed by atoms with van der Waals surface area (Å²) in [6, 6.07) is 6.00. The summed E-state index contributed by atoms with van der Waals surface area (Å²) >= 11 is 1.45. The number of hydrogen-bond acceptors (Lipinski definition) is 6. The third-order valence-corrected chi connectivity index (χ3v) is 5.78. The van der Waals surface area contributed by atoms with Gasteiger partial charge in [0.2, 0.25) is 0 Å². The number of nitrogens with two attached hydrogens (primary N) is 1. The second-order valence-corrected chi connectivity index (χ2v) is 7.78. The van der Waals surface area contributed by atoms with Crippen LogP contribution in [-0.2, 0) is 22.1 Å². The van der Waals surface area contributed by atoms with E-state index < -0.39 is 16.7 Å². The van der Waals surface area contributed by atoms with Crippen LogP contribution < -0.4 is 5.73 Å². The molecule has 0 saturated carbocycles. The average molecular weight is 336 g/mol. The van der Waals surface area contributed by atoms with Gasteiger partial charge in [0.1, 0.15) is 5.70 Å². The largest absolute Gasteiger partial charge is 0.364 e. The van der Waals surface area contributed by atoms with E-state index in [0.29, 0.717) is 23.3 Å². The zero-order valence-electron chi connectivity index (χ0n) is 12.3. The van der Waals surface area contributed by atoms with Gasteiger partial charge in [0.05, 0.1) is 27.7 Å². The molecule has 1 aliphatic heterocycles. The van der Waals surface area contributed by atoms with Gasteiger partial charge in [-0.05, 0) is 17.7 Å². The number of carbonyl (C=O) groups is 1. The molecule has 1 atom stereocenters. The van der Waals surface area contributed by atoms with E-state index in [9.17, 15) is 9.00 Å². The molecule has 0 saturated heterocycles. The Kier molecular flexibility index (Phi) is 3.88. The Balaban J connectivity index is 1.83. The second-order valence-electron chi connectivity index (χ2n) is 5.20. The fourth-order valence-corrected chi connectivity index (χ4v) is 4.14. The number of rotatable bonds is 4. The predicted octanol–water partition coefficient (Wildman–Crippen LogP) is 1.07. The SMILES string of the molecule is CN1CN(Cc2ccc3nc(S(C)=O)sc3c2)C=C1C(N)=O. The van der Waals surface area contributed by atoms with Crippen LogP contribution in [-0.4, -0.2) is 44.9 Å². The van der Waals surface area contributed by atoms with Crippen LogP contribution in [0.3, 0.4) is 0 Å². The Hall–Kier alpha value is -1.93. The number of benzene rings is 1. The second kappa shape index (κ2) is 5.69. The van der Waals surface area contributed by atoms with E-state index in [-0.39, 0.29) is 0 Å². The summed E-state index contributed by atoms with van der Waals surface area (Å²) in [5.74, 6) is -0.419. The van der Waals surface area contributed by atoms with Gasteiger partial charge in [-0.25, -0.2) is 4.98 Å². The van der Waals surface area contributed by atoms with Crippen LogP contribution in [0.4, 0.5) is 0 Å². The Labute approximate surface area is 134 Å². The molecule has 0 fully saturated rings. The molecule has 8 heteroatoms. The maximum Gasteiger partial charge on any atom is 0.266 e. The van der Waals surface area contributed by atoms with Crippen molar-refractivity contribution in [2.45, 2.75) is 10.9 Å². The van der Waals surface area contributed by atoms with Gasteiger partial charge < -0.3 is 15.5 Å². The highest BCUT2D eigenvalue weighted by Crippen LogP contribution is 2.26. The van der Waals surface area contributed by atoms with Crippen molar-refractivity contribution in [3.05, 3.63) is 35.7 Å². The first-order chi connectivity index (χ1) is 10.4. The number of primary amides is 1. The highest BCUT2D eigenvalue weighted by atomic mass is 32.2. The molecule has 0 aliphatic carbocycles. The zero-order valence-corrected chi connectivity index (χ0v) is 13.9. The standard InChI is InChI=1S/C14H16N4O2S2/c1-17-8-18(7-11(17)13(15)19)6-9-3-4-10-12(5-9)21-14(16-10)22(2)20/h3-5,7H,6,8H2,1-2H3,(H2,15,19). The Morgan fingerprint density at radius 1 is 1.50 bits per heavy atom. The number of thiazole rings is 1. The van der Waals surface area contributed by atoms with Crippen molar-refractivity contribution in [1.29, 1.82) is 0 Å². The Morgan fingerprint density at radius 2 is 2.27 bits per heavy atom. The molecule has 2 heterocycles. The fourth-order valence-electron chi connectivity index (χ4n) is 2.41. The minimum Gasteiger partial charge on any atom is -0.364 e. The summed E-state index contributed by atoms with van der Waals surface area (Å²) in [5.41, 5.74) is 7.83. The first kappa shape index (κ1) is 15.0. The van der Waals surface area contributed by atoms with Crippen LogP contribution >= 0.6 is 11.3 Å². The molecule has 3 rings (SSSR count). The summed E-state index contributed by atoms with van der Waals surface area (Å²) in [6.45, 7) is 1.31. The molecule has 1 aromatic carbocycles. The molecule has 1 unspecified atom stereocenters. The molecule has 22 heavy (non-hydrogen) atoms. The molecule has 2 aromatic rings. The van der Waals surface area contributed by atoms with E-state index in [1.165, 1.54) is 11.3 Å². The minimum atomic E-state index is -1.06. The van der Waals surface area contributed by atoms with Gasteiger partial charge in [-0.15, -0.1) is 11.3 Å². The molecule has 1 amide bonds. The minimum absolute atomic E-state index is 0.419. The van der Waals surface area contributed by atoms with Crippen molar-refractivity contribution in [1.82, 2.24) is 14.8 Å². The third-order valence-electron chi connectivity index (χ3n) is 3.43. The van der Waals surface area contributed by atoms with E-state index in [1.807, 2.05) is 29.0 Å². The van der Waals surface area contributed by atoms with Crippen LogP contribution in [0, 0.1) is 0 Å². The molecule has 0 spiro atoms. The maximum atomic E-state index is 11.5. The van der Waals surface area contributed by atoms with E-state index in [2.05, 4.69) is 11.1 Å². The van der Waals surface area contributed by atoms with Crippen molar-refractivity contribution in [2.24, 2.45) is 5.73 Å². The van der Waals surface area contributed by atoms with Crippen LogP contribution in [0.2, 0.25) is 0 Å². The van der Waals surface area contributed by atoms with E-state index >= 15 is 0 Å². The fraction of sp³-hybridized carbons (Fsp3) is 0.286. The molecule has 0 radical (unpaired) electrons. The Morgan fingerprint density at radius 3 is 2.91 bits per heavy atom. The molecule has 6 nitrogen and oxygen atoms in total. The molecule has 0 bridgehead atoms. The number of fused-ring (bicyclic) bond motifs is 1. The van der Waals surface area contributed by atoms with Gasteiger partial charge in [-0.2, -0.15) is 0 Å². The van der Waals surface area contributed by atoms with Gasteiger partial charge in [0.15, 0.2) is 4.34 Å². The number of nitrogens with zero attached hydrogens (tertiary/aromatic N) is 3. The van der Waals surface area contributed by atoms with E-state index in [0.717, 1.165) is 15.8 Å². The lowest BCUT2D eigenvalue weighted by atomic mass is 10.2. The number of likely N-dealkylation sites (N-methyl/N-ethyl adjacent to an activating group) is 1. The molecule has 1 aromatic heterocycles. The predicted molar refractivity (Wildman–Crippen MR) is 87.4 cm³/mol. The van der Waals surface area contributed by atoms with Crippen LogP contribution in [0.1, 0.15) is 5.56 Å². The van der Waals surface area contributed by atoms with E-state index in [4.69, 9.17) is 5.73 Å². The van der Waals surface area contributed by atoms with Crippen molar-refractivity contribution >= 4 is 38.3 Å². The molecular weight excluding hydrogens is 320 g/mol. The van der Waals surface area contributed by atoms with Crippen molar-refractivity contribution in [3.63, 3.8) is 0 Å². The summed E-state index contributed by atoms with van der Waals surface area (Å²) in [6.07, 6.45) is 3.42. The van der Waals surface area contributed by atoms with Gasteiger partial charge in [-0.3, -0.25) is 9.00 Å². The number of aromatic nitrogens is 1. The topological polar surface area (TPSA) is 79.5 Å². The van der Waals surface area contributed by atoms with Crippen LogP contribution in [0.15, 0.2) is 34.4 Å².